The number of hydrogen-bond donors (Lipinski definition) is 0. The first-order valence-electron chi connectivity index (χ1n) is 21.6. The molecule has 0 N–H and O–H groups in total. The first-order valence-corrected chi connectivity index (χ1v) is 22.4. The van der Waals surface area contributed by atoms with Crippen molar-refractivity contribution in [2.24, 2.45) is 0 Å². The Labute approximate surface area is 382 Å². The van der Waals surface area contributed by atoms with Crippen molar-refractivity contribution >= 4 is 45.7 Å². The van der Waals surface area contributed by atoms with Gasteiger partial charge in [-0.2, -0.15) is 0 Å². The van der Waals surface area contributed by atoms with Crippen molar-refractivity contribution in [3.8, 4) is 54.8 Å². The molecule has 310 valence electrons. The Morgan fingerprint density at radius 2 is 0.692 bits per heavy atom. The van der Waals surface area contributed by atoms with E-state index in [2.05, 4.69) is 247 Å². The van der Waals surface area contributed by atoms with Gasteiger partial charge in [0.05, 0.1) is 35.2 Å². The molecule has 7 heteroatoms. The van der Waals surface area contributed by atoms with E-state index in [1.165, 1.54) is 9.75 Å². The van der Waals surface area contributed by atoms with Gasteiger partial charge in [-0.05, 0) is 131 Å². The van der Waals surface area contributed by atoms with Crippen LogP contribution in [-0.2, 0) is 0 Å². The molecule has 0 bridgehead atoms. The molecule has 5 heterocycles. The normalized spacial score (nSPS) is 11.1. The fourth-order valence-corrected chi connectivity index (χ4v) is 9.58. The van der Waals surface area contributed by atoms with Crippen LogP contribution >= 0.6 is 11.3 Å². The van der Waals surface area contributed by atoms with E-state index in [4.69, 9.17) is 0 Å². The summed E-state index contributed by atoms with van der Waals surface area (Å²) in [4.78, 5) is 16.1. The molecule has 65 heavy (non-hydrogen) atoms. The van der Waals surface area contributed by atoms with Crippen LogP contribution in [-0.4, -0.2) is 19.1 Å². The van der Waals surface area contributed by atoms with E-state index in [9.17, 15) is 0 Å². The topological polar surface area (TPSA) is 42.1 Å². The Balaban J connectivity index is 0.919. The molecule has 0 atom stereocenters. The van der Waals surface area contributed by atoms with Gasteiger partial charge in [-0.25, -0.2) is 0 Å². The lowest BCUT2D eigenvalue weighted by Crippen LogP contribution is -2.14. The van der Waals surface area contributed by atoms with Gasteiger partial charge in [0.1, 0.15) is 11.6 Å². The predicted octanol–water partition coefficient (Wildman–Crippen LogP) is 15.7. The molecule has 11 rings (SSSR count). The van der Waals surface area contributed by atoms with Crippen molar-refractivity contribution in [1.82, 2.24) is 19.1 Å². The van der Waals surface area contributed by atoms with Gasteiger partial charge in [0.25, 0.3) is 0 Å². The number of benzene rings is 6. The number of para-hydroxylation sites is 2. The molecule has 0 fully saturated rings. The van der Waals surface area contributed by atoms with Gasteiger partial charge in [0.2, 0.25) is 0 Å². The molecule has 0 aliphatic carbocycles. The highest BCUT2D eigenvalue weighted by Gasteiger charge is 2.23. The van der Waals surface area contributed by atoms with Crippen LogP contribution in [0, 0.1) is 0 Å². The quantitative estimate of drug-likeness (QED) is 0.123. The number of thiophene rings is 1. The molecule has 0 spiro atoms. The summed E-state index contributed by atoms with van der Waals surface area (Å²) in [7, 11) is 0. The highest BCUT2D eigenvalue weighted by atomic mass is 32.1. The third-order valence-electron chi connectivity index (χ3n) is 11.6. The number of anilines is 6. The van der Waals surface area contributed by atoms with Crippen LogP contribution in [0.3, 0.4) is 0 Å². The largest absolute Gasteiger partial charge is 0.296 e. The van der Waals surface area contributed by atoms with Crippen LogP contribution in [0.2, 0.25) is 0 Å². The molecule has 0 amide bonds. The molecule has 5 aromatic heterocycles. The summed E-state index contributed by atoms with van der Waals surface area (Å²) < 4.78 is 4.65. The molecule has 0 aliphatic heterocycles. The van der Waals surface area contributed by atoms with E-state index >= 15 is 0 Å². The van der Waals surface area contributed by atoms with Gasteiger partial charge < -0.3 is 0 Å². The maximum atomic E-state index is 4.54. The van der Waals surface area contributed by atoms with Crippen molar-refractivity contribution in [2.75, 3.05) is 9.80 Å². The maximum absolute atomic E-state index is 4.54. The predicted molar refractivity (Wildman–Crippen MR) is 270 cm³/mol. The minimum atomic E-state index is 0.976. The molecule has 0 unspecified atom stereocenters. The minimum Gasteiger partial charge on any atom is -0.296 e. The van der Waals surface area contributed by atoms with Crippen molar-refractivity contribution < 1.29 is 0 Å². The van der Waals surface area contributed by atoms with Crippen LogP contribution < -0.4 is 9.80 Å². The highest BCUT2D eigenvalue weighted by molar-refractivity contribution is 7.18. The number of pyridine rings is 2. The SMILES string of the molecule is c1ccc(-c2ccc(N(c3ccc(-c4ccc(-c5ccc(N(c6cccnc6)c6ccc(-c7ccccc7)n6-c6ccccc6)cc5)s4)cc3)c3cccnc3)n2-c2ccccc2)cc1. The van der Waals surface area contributed by atoms with E-state index < -0.39 is 0 Å². The summed E-state index contributed by atoms with van der Waals surface area (Å²) in [6.07, 6.45) is 7.49. The fourth-order valence-electron chi connectivity index (χ4n) is 8.56. The maximum Gasteiger partial charge on any atom is 0.122 e. The van der Waals surface area contributed by atoms with Crippen LogP contribution in [0.4, 0.5) is 34.4 Å². The molecular formula is C58H42N6S. The Bertz CT molecular complexity index is 3050. The number of aromatic nitrogens is 4. The third-order valence-corrected chi connectivity index (χ3v) is 12.8. The van der Waals surface area contributed by atoms with Crippen molar-refractivity contribution in [2.45, 2.75) is 0 Å². The first-order chi connectivity index (χ1) is 32.3. The highest BCUT2D eigenvalue weighted by Crippen LogP contribution is 2.43. The summed E-state index contributed by atoms with van der Waals surface area (Å²) in [5, 5.41) is 0. The van der Waals surface area contributed by atoms with Gasteiger partial charge >= 0.3 is 0 Å². The van der Waals surface area contributed by atoms with Gasteiger partial charge in [0, 0.05) is 44.9 Å². The van der Waals surface area contributed by atoms with Crippen molar-refractivity contribution in [1.29, 1.82) is 0 Å². The number of hydrogen-bond acceptors (Lipinski definition) is 5. The molecular weight excluding hydrogens is 813 g/mol. The van der Waals surface area contributed by atoms with E-state index in [1.807, 2.05) is 36.9 Å². The number of nitrogens with zero attached hydrogens (tertiary/aromatic N) is 6. The monoisotopic (exact) mass is 854 g/mol. The van der Waals surface area contributed by atoms with E-state index in [0.29, 0.717) is 0 Å². The zero-order valence-corrected chi connectivity index (χ0v) is 36.2. The number of rotatable bonds is 12. The second-order valence-corrected chi connectivity index (χ2v) is 16.7. The van der Waals surface area contributed by atoms with Gasteiger partial charge in [-0.3, -0.25) is 28.9 Å². The van der Waals surface area contributed by atoms with Crippen LogP contribution in [0.5, 0.6) is 0 Å². The van der Waals surface area contributed by atoms with E-state index in [-0.39, 0.29) is 0 Å². The summed E-state index contributed by atoms with van der Waals surface area (Å²) >= 11 is 1.80. The lowest BCUT2D eigenvalue weighted by atomic mass is 10.1. The Morgan fingerprint density at radius 3 is 1.06 bits per heavy atom. The Hall–Kier alpha value is -8.52. The van der Waals surface area contributed by atoms with Crippen molar-refractivity contribution in [3.63, 3.8) is 0 Å². The Morgan fingerprint density at radius 1 is 0.308 bits per heavy atom. The fraction of sp³-hybridized carbons (Fsp3) is 0. The molecule has 0 saturated carbocycles. The van der Waals surface area contributed by atoms with E-state index in [0.717, 1.165) is 79.4 Å². The van der Waals surface area contributed by atoms with Crippen molar-refractivity contribution in [3.05, 3.63) is 255 Å². The lowest BCUT2D eigenvalue weighted by Gasteiger charge is -2.27. The lowest BCUT2D eigenvalue weighted by molar-refractivity contribution is 1.04. The zero-order chi connectivity index (χ0) is 43.4. The molecule has 0 radical (unpaired) electrons. The summed E-state index contributed by atoms with van der Waals surface area (Å²) in [6, 6.07) is 81.4. The van der Waals surface area contributed by atoms with Crippen LogP contribution in [0.25, 0.3) is 54.8 Å². The molecule has 6 aromatic carbocycles. The van der Waals surface area contributed by atoms with Gasteiger partial charge in [0.15, 0.2) is 0 Å². The second-order valence-electron chi connectivity index (χ2n) is 15.6. The summed E-state index contributed by atoms with van der Waals surface area (Å²) in [5.74, 6) is 2.04. The standard InChI is InChI=1S/C58H42N6S/c1-5-15-43(16-6-1)53-33-37-57(63(53)47-19-9-3-10-20-47)61(51-23-13-39-59-41-51)49-29-25-45(26-30-49)55-35-36-56(65-55)46-27-31-50(32-28-46)62(52-24-14-40-60-42-52)58-38-34-54(44-17-7-2-8-18-44)64(58)48-21-11-4-12-22-48/h1-42H. The van der Waals surface area contributed by atoms with Crippen LogP contribution in [0.1, 0.15) is 0 Å². The third kappa shape index (κ3) is 7.82. The Kier molecular flexibility index (Phi) is 10.7. The molecule has 0 saturated heterocycles. The molecule has 11 aromatic rings. The smallest absolute Gasteiger partial charge is 0.122 e. The summed E-state index contributed by atoms with van der Waals surface area (Å²) in [5.41, 5.74) is 13.0. The van der Waals surface area contributed by atoms with Crippen LogP contribution in [0.15, 0.2) is 255 Å². The summed E-state index contributed by atoms with van der Waals surface area (Å²) in [6.45, 7) is 0. The van der Waals surface area contributed by atoms with Gasteiger partial charge in [-0.15, -0.1) is 11.3 Å². The minimum absolute atomic E-state index is 0.976. The molecule has 0 aliphatic rings. The zero-order valence-electron chi connectivity index (χ0n) is 35.3. The molecule has 6 nitrogen and oxygen atoms in total. The van der Waals surface area contributed by atoms with Gasteiger partial charge in [-0.1, -0.05) is 121 Å². The average Bonchev–Trinajstić information content (AvgIpc) is 4.17. The first kappa shape index (κ1) is 39.3. The van der Waals surface area contributed by atoms with E-state index in [1.54, 1.807) is 11.3 Å². The average molecular weight is 855 g/mol. The second kappa shape index (κ2) is 17.7.